The zero-order valence-electron chi connectivity index (χ0n) is 20.6. The molecule has 2 aromatic carbocycles. The summed E-state index contributed by atoms with van der Waals surface area (Å²) in [5.41, 5.74) is 0.819. The lowest BCUT2D eigenvalue weighted by Gasteiger charge is -2.30. The van der Waals surface area contributed by atoms with Crippen molar-refractivity contribution in [1.29, 1.82) is 0 Å². The van der Waals surface area contributed by atoms with Crippen molar-refractivity contribution in [3.05, 3.63) is 64.4 Å². The summed E-state index contributed by atoms with van der Waals surface area (Å²) in [5, 5.41) is 3.06. The number of sulfonamides is 1. The molecule has 0 aromatic heterocycles. The predicted octanol–water partition coefficient (Wildman–Crippen LogP) is 4.61. The van der Waals surface area contributed by atoms with Gasteiger partial charge in [0.15, 0.2) is 0 Å². The molecular formula is C26H33BrFN3O4S. The molecule has 0 aliphatic heterocycles. The van der Waals surface area contributed by atoms with Gasteiger partial charge in [-0.05, 0) is 56.0 Å². The van der Waals surface area contributed by atoms with Crippen LogP contribution in [0.1, 0.15) is 51.0 Å². The molecule has 1 saturated carbocycles. The molecule has 1 N–H and O–H groups in total. The number of rotatable bonds is 11. The Labute approximate surface area is 221 Å². The summed E-state index contributed by atoms with van der Waals surface area (Å²) in [4.78, 5) is 27.8. The lowest BCUT2D eigenvalue weighted by Crippen LogP contribution is -2.49. The average molecular weight is 583 g/mol. The van der Waals surface area contributed by atoms with E-state index in [0.29, 0.717) is 0 Å². The minimum Gasteiger partial charge on any atom is -0.352 e. The number of nitrogens with one attached hydrogen (secondary N) is 1. The number of halogens is 2. The number of amides is 2. The van der Waals surface area contributed by atoms with Gasteiger partial charge in [-0.1, -0.05) is 53.0 Å². The first kappa shape index (κ1) is 28.1. The van der Waals surface area contributed by atoms with Crippen LogP contribution in [-0.2, 0) is 26.2 Å². The number of para-hydroxylation sites is 1. The fourth-order valence-corrected chi connectivity index (χ4v) is 5.63. The molecule has 0 heterocycles. The highest BCUT2D eigenvalue weighted by Crippen LogP contribution is 2.23. The topological polar surface area (TPSA) is 86.8 Å². The Morgan fingerprint density at radius 1 is 1.11 bits per heavy atom. The number of anilines is 1. The number of carbonyl (C=O) groups is 2. The Bertz CT molecular complexity index is 1150. The van der Waals surface area contributed by atoms with E-state index in [4.69, 9.17) is 0 Å². The van der Waals surface area contributed by atoms with E-state index >= 15 is 0 Å². The Kier molecular flexibility index (Phi) is 9.90. The maximum atomic E-state index is 14.3. The quantitative estimate of drug-likeness (QED) is 0.420. The van der Waals surface area contributed by atoms with Gasteiger partial charge < -0.3 is 10.2 Å². The monoisotopic (exact) mass is 581 g/mol. The van der Waals surface area contributed by atoms with Crippen molar-refractivity contribution in [1.82, 2.24) is 10.2 Å². The summed E-state index contributed by atoms with van der Waals surface area (Å²) >= 11 is 3.40. The van der Waals surface area contributed by atoms with Gasteiger partial charge in [-0.2, -0.15) is 0 Å². The van der Waals surface area contributed by atoms with Crippen molar-refractivity contribution in [3.63, 3.8) is 0 Å². The van der Waals surface area contributed by atoms with E-state index in [2.05, 4.69) is 21.2 Å². The molecule has 0 saturated heterocycles. The van der Waals surface area contributed by atoms with Gasteiger partial charge in [-0.25, -0.2) is 12.8 Å². The largest absolute Gasteiger partial charge is 0.352 e. The first-order valence-corrected chi connectivity index (χ1v) is 14.8. The summed E-state index contributed by atoms with van der Waals surface area (Å²) in [6.45, 7) is 1.90. The number of hydrogen-bond donors (Lipinski definition) is 1. The summed E-state index contributed by atoms with van der Waals surface area (Å²) in [6, 6.07) is 12.6. The molecule has 2 amide bonds. The van der Waals surface area contributed by atoms with Crippen molar-refractivity contribution in [2.45, 2.75) is 64.1 Å². The van der Waals surface area contributed by atoms with E-state index < -0.39 is 21.9 Å². The fourth-order valence-electron chi connectivity index (χ4n) is 4.40. The molecule has 1 aliphatic rings. The van der Waals surface area contributed by atoms with Gasteiger partial charge in [-0.15, -0.1) is 0 Å². The highest BCUT2D eigenvalue weighted by atomic mass is 79.9. The Morgan fingerprint density at radius 2 is 1.75 bits per heavy atom. The minimum absolute atomic E-state index is 0.0120. The minimum atomic E-state index is -3.75. The molecule has 36 heavy (non-hydrogen) atoms. The molecule has 0 bridgehead atoms. The van der Waals surface area contributed by atoms with Crippen LogP contribution in [0.4, 0.5) is 10.1 Å². The van der Waals surface area contributed by atoms with Crippen molar-refractivity contribution < 1.29 is 22.4 Å². The maximum Gasteiger partial charge on any atom is 0.242 e. The molecule has 1 atom stereocenters. The highest BCUT2D eigenvalue weighted by molar-refractivity contribution is 9.10. The van der Waals surface area contributed by atoms with Crippen LogP contribution in [0.2, 0.25) is 0 Å². The van der Waals surface area contributed by atoms with Gasteiger partial charge in [0.1, 0.15) is 11.9 Å². The maximum absolute atomic E-state index is 14.3. The Morgan fingerprint density at radius 3 is 2.36 bits per heavy atom. The van der Waals surface area contributed by atoms with Crippen LogP contribution in [0, 0.1) is 5.82 Å². The number of nitrogens with zero attached hydrogens (tertiary/aromatic N) is 2. The predicted molar refractivity (Wildman–Crippen MR) is 142 cm³/mol. The third-order valence-corrected chi connectivity index (χ3v) is 8.12. The Hall–Kier alpha value is -2.46. The molecule has 0 radical (unpaired) electrons. The molecule has 7 nitrogen and oxygen atoms in total. The van der Waals surface area contributed by atoms with E-state index in [9.17, 15) is 22.4 Å². The summed E-state index contributed by atoms with van der Waals surface area (Å²) in [7, 11) is -3.75. The first-order valence-electron chi connectivity index (χ1n) is 12.1. The molecule has 1 aliphatic carbocycles. The van der Waals surface area contributed by atoms with Gasteiger partial charge >= 0.3 is 0 Å². The molecule has 0 spiro atoms. The van der Waals surface area contributed by atoms with Crippen LogP contribution < -0.4 is 9.62 Å². The number of benzene rings is 2. The van der Waals surface area contributed by atoms with Crippen molar-refractivity contribution in [2.24, 2.45) is 0 Å². The van der Waals surface area contributed by atoms with Crippen LogP contribution in [0.15, 0.2) is 53.0 Å². The van der Waals surface area contributed by atoms with Gasteiger partial charge in [0.05, 0.1) is 11.9 Å². The molecule has 0 unspecified atom stereocenters. The van der Waals surface area contributed by atoms with Gasteiger partial charge in [0.2, 0.25) is 21.8 Å². The van der Waals surface area contributed by atoms with Crippen molar-refractivity contribution >= 4 is 43.5 Å². The van der Waals surface area contributed by atoms with Gasteiger partial charge in [-0.3, -0.25) is 13.9 Å². The van der Waals surface area contributed by atoms with E-state index in [1.165, 1.54) is 23.1 Å². The van der Waals surface area contributed by atoms with Crippen molar-refractivity contribution in [2.75, 3.05) is 17.1 Å². The van der Waals surface area contributed by atoms with Crippen molar-refractivity contribution in [3.8, 4) is 0 Å². The summed E-state index contributed by atoms with van der Waals surface area (Å²) in [6.07, 6.45) is 5.25. The normalized spacial score (nSPS) is 14.9. The number of hydrogen-bond acceptors (Lipinski definition) is 4. The second-order valence-corrected chi connectivity index (χ2v) is 12.0. The molecular weight excluding hydrogens is 549 g/mol. The fraction of sp³-hybridized carbons (Fsp3) is 0.462. The zero-order valence-corrected chi connectivity index (χ0v) is 23.0. The standard InChI is InChI=1S/C26H33BrFN3O4S/c1-19(26(33)29-22-8-3-4-9-22)30(18-20-13-15-21(27)16-14-20)25(32)12-7-17-31(36(2,34)35)24-11-6-5-10-23(24)28/h5-6,10-11,13-16,19,22H,3-4,7-9,12,17-18H2,1-2H3,(H,29,33)/t19-/m1/s1. The smallest absolute Gasteiger partial charge is 0.242 e. The van der Waals surface area contributed by atoms with E-state index in [0.717, 1.165) is 46.3 Å². The Balaban J connectivity index is 1.72. The summed E-state index contributed by atoms with van der Waals surface area (Å²) < 4.78 is 40.8. The van der Waals surface area contributed by atoms with Crippen LogP contribution in [0.3, 0.4) is 0 Å². The lowest BCUT2D eigenvalue weighted by atomic mass is 10.1. The van der Waals surface area contributed by atoms with Crippen LogP contribution >= 0.6 is 15.9 Å². The van der Waals surface area contributed by atoms with E-state index in [-0.39, 0.29) is 49.5 Å². The molecule has 10 heteroatoms. The first-order chi connectivity index (χ1) is 17.1. The molecule has 2 aromatic rings. The third-order valence-electron chi connectivity index (χ3n) is 6.41. The van der Waals surface area contributed by atoms with Crippen LogP contribution in [0.5, 0.6) is 0 Å². The number of carbonyl (C=O) groups excluding carboxylic acids is 2. The van der Waals surface area contributed by atoms with Crippen LogP contribution in [-0.4, -0.2) is 50.0 Å². The van der Waals surface area contributed by atoms with Crippen LogP contribution in [0.25, 0.3) is 0 Å². The van der Waals surface area contributed by atoms with Gasteiger partial charge in [0, 0.05) is 30.0 Å². The third kappa shape index (κ3) is 7.77. The second-order valence-electron chi connectivity index (χ2n) is 9.20. The zero-order chi connectivity index (χ0) is 26.3. The SMILES string of the molecule is C[C@H](C(=O)NC1CCCC1)N(Cc1ccc(Br)cc1)C(=O)CCCN(c1ccccc1F)S(C)(=O)=O. The van der Waals surface area contributed by atoms with E-state index in [1.807, 2.05) is 24.3 Å². The second kappa shape index (κ2) is 12.7. The molecule has 196 valence electrons. The highest BCUT2D eigenvalue weighted by Gasteiger charge is 2.29. The van der Waals surface area contributed by atoms with Gasteiger partial charge in [0.25, 0.3) is 0 Å². The lowest BCUT2D eigenvalue weighted by molar-refractivity contribution is -0.141. The molecule has 1 fully saturated rings. The molecule has 3 rings (SSSR count). The summed E-state index contributed by atoms with van der Waals surface area (Å²) in [5.74, 6) is -1.12. The van der Waals surface area contributed by atoms with E-state index in [1.54, 1.807) is 13.0 Å². The average Bonchev–Trinajstić information content (AvgIpc) is 3.34.